The lowest BCUT2D eigenvalue weighted by molar-refractivity contribution is -0.253. The van der Waals surface area contributed by atoms with Gasteiger partial charge in [-0.25, -0.2) is 0 Å². The molecule has 7 heteroatoms. The molecule has 0 aromatic heterocycles. The number of aliphatic hydroxyl groups is 1. The van der Waals surface area contributed by atoms with E-state index < -0.39 is 34.4 Å². The molecule has 0 amide bonds. The SMILES string of the molecule is COC1=CC(C)C2CC3OC(=O)CC4(O)C(C)=C(OC)C(=O)C(C2(C)C1=O)C34C. The molecule has 7 atom stereocenters. The standard InChI is InChI=1S/C22H28O7/c1-10-7-13(27-5)19(25)20(3)12(10)8-14-21(4)18(20)16(24)17(28-6)11(2)22(21,26)9-15(23)29-14/h7,10,12,14,18,26H,8-9H2,1-6H3. The monoisotopic (exact) mass is 404 g/mol. The Bertz CT molecular complexity index is 886. The minimum Gasteiger partial charge on any atom is -0.493 e. The summed E-state index contributed by atoms with van der Waals surface area (Å²) in [5.41, 5.74) is -3.58. The van der Waals surface area contributed by atoms with Gasteiger partial charge in [-0.15, -0.1) is 0 Å². The van der Waals surface area contributed by atoms with Crippen LogP contribution in [0.25, 0.3) is 0 Å². The van der Waals surface area contributed by atoms with E-state index in [0.717, 1.165) is 0 Å². The maximum absolute atomic E-state index is 13.7. The Hall–Kier alpha value is -2.15. The third-order valence-electron chi connectivity index (χ3n) is 8.30. The lowest BCUT2D eigenvalue weighted by Gasteiger charge is -2.66. The molecule has 29 heavy (non-hydrogen) atoms. The van der Waals surface area contributed by atoms with Gasteiger partial charge in [0.2, 0.25) is 11.6 Å². The Morgan fingerprint density at radius 1 is 1.17 bits per heavy atom. The summed E-state index contributed by atoms with van der Waals surface area (Å²) in [6.45, 7) is 7.15. The Labute approximate surface area is 170 Å². The maximum atomic E-state index is 13.7. The highest BCUT2D eigenvalue weighted by Gasteiger charge is 2.76. The van der Waals surface area contributed by atoms with Gasteiger partial charge in [-0.1, -0.05) is 20.8 Å². The zero-order chi connectivity index (χ0) is 21.5. The Morgan fingerprint density at radius 3 is 2.41 bits per heavy atom. The van der Waals surface area contributed by atoms with Crippen molar-refractivity contribution in [3.05, 3.63) is 23.2 Å². The second-order valence-electron chi connectivity index (χ2n) is 9.30. The molecule has 1 saturated heterocycles. The lowest BCUT2D eigenvalue weighted by atomic mass is 9.39. The zero-order valence-electron chi connectivity index (χ0n) is 17.7. The molecule has 3 aliphatic carbocycles. The minimum atomic E-state index is -1.64. The summed E-state index contributed by atoms with van der Waals surface area (Å²) in [6.07, 6.45) is 1.21. The molecule has 158 valence electrons. The first-order valence-electron chi connectivity index (χ1n) is 10.0. The van der Waals surface area contributed by atoms with Gasteiger partial charge in [0.05, 0.1) is 26.6 Å². The first-order valence-corrected chi connectivity index (χ1v) is 10.0. The van der Waals surface area contributed by atoms with Gasteiger partial charge in [-0.05, 0) is 31.3 Å². The molecule has 1 saturated carbocycles. The summed E-state index contributed by atoms with van der Waals surface area (Å²) in [4.78, 5) is 39.7. The average Bonchev–Trinajstić information content (AvgIpc) is 2.65. The van der Waals surface area contributed by atoms with E-state index in [1.54, 1.807) is 26.8 Å². The van der Waals surface area contributed by atoms with Crippen molar-refractivity contribution in [1.82, 2.24) is 0 Å². The molecule has 7 unspecified atom stereocenters. The summed E-state index contributed by atoms with van der Waals surface area (Å²) in [5, 5.41) is 11.8. The molecule has 1 heterocycles. The van der Waals surface area contributed by atoms with Crippen molar-refractivity contribution in [2.45, 2.75) is 52.2 Å². The van der Waals surface area contributed by atoms with E-state index in [9.17, 15) is 19.5 Å². The number of methoxy groups -OCH3 is 2. The van der Waals surface area contributed by atoms with Crippen LogP contribution < -0.4 is 0 Å². The number of carbonyl (C=O) groups is 3. The van der Waals surface area contributed by atoms with Crippen molar-refractivity contribution < 1.29 is 33.7 Å². The zero-order valence-corrected chi connectivity index (χ0v) is 17.7. The van der Waals surface area contributed by atoms with E-state index in [0.29, 0.717) is 12.0 Å². The first-order chi connectivity index (χ1) is 13.5. The Kier molecular flexibility index (Phi) is 4.12. The second-order valence-corrected chi connectivity index (χ2v) is 9.30. The quantitative estimate of drug-likeness (QED) is 0.702. The largest absolute Gasteiger partial charge is 0.493 e. The van der Waals surface area contributed by atoms with Crippen LogP contribution in [0.5, 0.6) is 0 Å². The smallest absolute Gasteiger partial charge is 0.309 e. The van der Waals surface area contributed by atoms with Gasteiger partial charge in [0.15, 0.2) is 11.5 Å². The lowest BCUT2D eigenvalue weighted by Crippen LogP contribution is -2.75. The molecule has 1 aliphatic heterocycles. The van der Waals surface area contributed by atoms with Gasteiger partial charge in [0.1, 0.15) is 11.7 Å². The predicted molar refractivity (Wildman–Crippen MR) is 101 cm³/mol. The predicted octanol–water partition coefficient (Wildman–Crippen LogP) is 1.93. The van der Waals surface area contributed by atoms with E-state index in [2.05, 4.69) is 0 Å². The number of rotatable bonds is 2. The van der Waals surface area contributed by atoms with Crippen molar-refractivity contribution >= 4 is 17.5 Å². The van der Waals surface area contributed by atoms with Crippen LogP contribution in [0.15, 0.2) is 23.2 Å². The molecular weight excluding hydrogens is 376 g/mol. The fraction of sp³-hybridized carbons (Fsp3) is 0.682. The fourth-order valence-corrected chi connectivity index (χ4v) is 6.77. The number of ketones is 2. The van der Waals surface area contributed by atoms with E-state index in [1.807, 2.05) is 6.92 Å². The number of hydrogen-bond acceptors (Lipinski definition) is 7. The molecule has 4 rings (SSSR count). The highest BCUT2D eigenvalue weighted by atomic mass is 16.6. The topological polar surface area (TPSA) is 99.1 Å². The number of hydrogen-bond donors (Lipinski definition) is 1. The summed E-state index contributed by atoms with van der Waals surface area (Å²) < 4.78 is 16.5. The summed E-state index contributed by atoms with van der Waals surface area (Å²) in [6, 6.07) is 0. The molecule has 0 bridgehead atoms. The molecule has 0 spiro atoms. The summed E-state index contributed by atoms with van der Waals surface area (Å²) in [5.74, 6) is -2.06. The van der Waals surface area contributed by atoms with Crippen molar-refractivity contribution in [3.63, 3.8) is 0 Å². The summed E-state index contributed by atoms with van der Waals surface area (Å²) >= 11 is 0. The van der Waals surface area contributed by atoms with Crippen molar-refractivity contribution in [2.24, 2.45) is 28.6 Å². The first kappa shape index (κ1) is 20.1. The van der Waals surface area contributed by atoms with Crippen LogP contribution in [0.4, 0.5) is 0 Å². The van der Waals surface area contributed by atoms with Crippen molar-refractivity contribution in [2.75, 3.05) is 14.2 Å². The van der Waals surface area contributed by atoms with E-state index in [-0.39, 0.29) is 41.3 Å². The van der Waals surface area contributed by atoms with Crippen molar-refractivity contribution in [1.29, 1.82) is 0 Å². The number of Topliss-reactive ketones (excluding diaryl/α,β-unsaturated/α-hetero) is 2. The average molecular weight is 404 g/mol. The van der Waals surface area contributed by atoms with Gasteiger partial charge in [-0.2, -0.15) is 0 Å². The highest BCUT2D eigenvalue weighted by Crippen LogP contribution is 2.68. The third-order valence-corrected chi connectivity index (χ3v) is 8.30. The summed E-state index contributed by atoms with van der Waals surface area (Å²) in [7, 11) is 2.81. The highest BCUT2D eigenvalue weighted by molar-refractivity contribution is 6.07. The van der Waals surface area contributed by atoms with E-state index in [1.165, 1.54) is 14.2 Å². The number of ether oxygens (including phenoxy) is 3. The number of fused-ring (bicyclic) bond motifs is 2. The fourth-order valence-electron chi connectivity index (χ4n) is 6.77. The molecule has 7 nitrogen and oxygen atoms in total. The molecule has 4 aliphatic rings. The van der Waals surface area contributed by atoms with Crippen LogP contribution in [-0.2, 0) is 28.6 Å². The van der Waals surface area contributed by atoms with Crippen LogP contribution in [0.2, 0.25) is 0 Å². The number of esters is 1. The van der Waals surface area contributed by atoms with Gasteiger partial charge in [-0.3, -0.25) is 14.4 Å². The van der Waals surface area contributed by atoms with Crippen LogP contribution >= 0.6 is 0 Å². The van der Waals surface area contributed by atoms with E-state index >= 15 is 0 Å². The Balaban J connectivity index is 2.04. The van der Waals surface area contributed by atoms with Gasteiger partial charge >= 0.3 is 5.97 Å². The second kappa shape index (κ2) is 5.94. The molecular formula is C22H28O7. The number of allylic oxidation sites excluding steroid dienone is 3. The van der Waals surface area contributed by atoms with Gasteiger partial charge in [0.25, 0.3) is 0 Å². The minimum absolute atomic E-state index is 0.0271. The molecule has 1 N–H and O–H groups in total. The normalized spacial score (nSPS) is 46.4. The van der Waals surface area contributed by atoms with Gasteiger partial charge in [0, 0.05) is 16.4 Å². The third kappa shape index (κ3) is 2.09. The van der Waals surface area contributed by atoms with Crippen LogP contribution in [0, 0.1) is 28.6 Å². The maximum Gasteiger partial charge on any atom is 0.309 e. The van der Waals surface area contributed by atoms with Crippen LogP contribution in [-0.4, -0.2) is 48.6 Å². The molecule has 0 aromatic rings. The molecule has 0 aromatic carbocycles. The molecule has 0 radical (unpaired) electrons. The Morgan fingerprint density at radius 2 is 1.83 bits per heavy atom. The van der Waals surface area contributed by atoms with E-state index in [4.69, 9.17) is 14.2 Å². The molecule has 2 fully saturated rings. The van der Waals surface area contributed by atoms with Crippen LogP contribution in [0.1, 0.15) is 40.5 Å². The van der Waals surface area contributed by atoms with Crippen LogP contribution in [0.3, 0.4) is 0 Å². The number of carbonyl (C=O) groups excluding carboxylic acids is 3. The van der Waals surface area contributed by atoms with Gasteiger partial charge < -0.3 is 19.3 Å². The van der Waals surface area contributed by atoms with Crippen molar-refractivity contribution in [3.8, 4) is 0 Å².